The summed E-state index contributed by atoms with van der Waals surface area (Å²) >= 11 is 5.84. The van der Waals surface area contributed by atoms with Gasteiger partial charge in [0, 0.05) is 22.5 Å². The van der Waals surface area contributed by atoms with Gasteiger partial charge in [-0.3, -0.25) is 13.8 Å². The predicted octanol–water partition coefficient (Wildman–Crippen LogP) is 4.98. The van der Waals surface area contributed by atoms with Crippen molar-refractivity contribution in [3.05, 3.63) is 108 Å². The van der Waals surface area contributed by atoms with Crippen molar-refractivity contribution >= 4 is 54.6 Å². The monoisotopic (exact) mass is 585 g/mol. The van der Waals surface area contributed by atoms with Gasteiger partial charge < -0.3 is 10.1 Å². The third kappa shape index (κ3) is 6.88. The molecule has 0 aliphatic heterocycles. The number of sulfonamides is 2. The Balaban J connectivity index is 1.53. The lowest BCUT2D eigenvalue weighted by Crippen LogP contribution is -2.38. The van der Waals surface area contributed by atoms with Gasteiger partial charge in [-0.25, -0.2) is 16.8 Å². The number of nitrogens with one attached hydrogen (secondary N) is 2. The average molecular weight is 586 g/mol. The normalized spacial score (nSPS) is 11.4. The van der Waals surface area contributed by atoms with E-state index >= 15 is 0 Å². The number of rotatable bonds is 10. The Morgan fingerprint density at radius 2 is 1.44 bits per heavy atom. The van der Waals surface area contributed by atoms with Gasteiger partial charge in [-0.15, -0.1) is 0 Å². The van der Waals surface area contributed by atoms with Gasteiger partial charge in [0.05, 0.1) is 22.6 Å². The lowest BCUT2D eigenvalue weighted by molar-refractivity contribution is -0.114. The maximum atomic E-state index is 13.5. The van der Waals surface area contributed by atoms with E-state index in [2.05, 4.69) is 10.0 Å². The maximum absolute atomic E-state index is 13.5. The van der Waals surface area contributed by atoms with Crippen LogP contribution in [0.5, 0.6) is 5.75 Å². The number of methoxy groups -OCH3 is 1. The number of hydrogen-bond acceptors (Lipinski definition) is 6. The third-order valence-corrected chi connectivity index (χ3v) is 8.94. The summed E-state index contributed by atoms with van der Waals surface area (Å²) in [5, 5.41) is 3.09. The Morgan fingerprint density at radius 3 is 2.08 bits per heavy atom. The van der Waals surface area contributed by atoms with E-state index in [0.717, 1.165) is 4.31 Å². The first-order valence-electron chi connectivity index (χ1n) is 11.5. The second kappa shape index (κ2) is 11.8. The molecule has 0 spiro atoms. The molecule has 0 aliphatic rings. The van der Waals surface area contributed by atoms with Crippen LogP contribution < -0.4 is 19.1 Å². The number of amides is 1. The minimum absolute atomic E-state index is 0.0170. The van der Waals surface area contributed by atoms with Gasteiger partial charge in [0.2, 0.25) is 5.91 Å². The number of nitrogens with zero attached hydrogens (tertiary/aromatic N) is 1. The van der Waals surface area contributed by atoms with E-state index in [4.69, 9.17) is 16.3 Å². The first-order valence-corrected chi connectivity index (χ1v) is 14.8. The minimum Gasteiger partial charge on any atom is -0.497 e. The Bertz CT molecular complexity index is 1660. The highest BCUT2D eigenvalue weighted by atomic mass is 35.5. The summed E-state index contributed by atoms with van der Waals surface area (Å²) in [7, 11) is -6.54. The molecule has 4 aromatic carbocycles. The van der Waals surface area contributed by atoms with Gasteiger partial charge in [0.25, 0.3) is 20.0 Å². The Labute approximate surface area is 232 Å². The standard InChI is InChI=1S/C27H24ClN3O6S2/c1-37-24-7-5-6-23(18-24)31(39(35,36)26-8-3-2-4-9-26)19-27(32)29-21-14-16-25(17-15-21)38(33,34)30-22-12-10-20(28)11-13-22/h2-18,30H,19H2,1H3,(H,29,32). The average Bonchev–Trinajstić information content (AvgIpc) is 2.93. The van der Waals surface area contributed by atoms with Crippen molar-refractivity contribution in [1.29, 1.82) is 0 Å². The van der Waals surface area contributed by atoms with Gasteiger partial charge in [-0.2, -0.15) is 0 Å². The Morgan fingerprint density at radius 1 is 0.795 bits per heavy atom. The van der Waals surface area contributed by atoms with Crippen molar-refractivity contribution < 1.29 is 26.4 Å². The van der Waals surface area contributed by atoms with Gasteiger partial charge in [0.15, 0.2) is 0 Å². The van der Waals surface area contributed by atoms with E-state index in [1.807, 2.05) is 0 Å². The van der Waals surface area contributed by atoms with Crippen molar-refractivity contribution in [1.82, 2.24) is 0 Å². The number of carbonyl (C=O) groups excluding carboxylic acids is 1. The van der Waals surface area contributed by atoms with E-state index in [0.29, 0.717) is 16.5 Å². The fourth-order valence-corrected chi connectivity index (χ4v) is 6.20. The molecule has 202 valence electrons. The van der Waals surface area contributed by atoms with Crippen LogP contribution in [0.3, 0.4) is 0 Å². The molecule has 9 nitrogen and oxygen atoms in total. The molecule has 12 heteroatoms. The number of ether oxygens (including phenoxy) is 1. The second-order valence-electron chi connectivity index (χ2n) is 8.21. The van der Waals surface area contributed by atoms with E-state index in [1.54, 1.807) is 48.5 Å². The van der Waals surface area contributed by atoms with Crippen molar-refractivity contribution in [3.8, 4) is 5.75 Å². The first-order chi connectivity index (χ1) is 18.6. The molecule has 0 fully saturated rings. The summed E-state index contributed by atoms with van der Waals surface area (Å²) in [5.41, 5.74) is 0.866. The van der Waals surface area contributed by atoms with Gasteiger partial charge in [0.1, 0.15) is 12.3 Å². The largest absolute Gasteiger partial charge is 0.497 e. The quantitative estimate of drug-likeness (QED) is 0.271. The summed E-state index contributed by atoms with van der Waals surface area (Å²) in [5.74, 6) is -0.211. The van der Waals surface area contributed by atoms with Gasteiger partial charge >= 0.3 is 0 Å². The second-order valence-corrected chi connectivity index (χ2v) is 12.2. The van der Waals surface area contributed by atoms with Crippen molar-refractivity contribution in [3.63, 3.8) is 0 Å². The topological polar surface area (TPSA) is 122 Å². The SMILES string of the molecule is COc1cccc(N(CC(=O)Nc2ccc(S(=O)(=O)Nc3ccc(Cl)cc3)cc2)S(=O)(=O)c2ccccc2)c1. The predicted molar refractivity (Wildman–Crippen MR) is 151 cm³/mol. The molecule has 2 N–H and O–H groups in total. The molecule has 39 heavy (non-hydrogen) atoms. The number of carbonyl (C=O) groups is 1. The summed E-state index contributed by atoms with van der Waals surface area (Å²) in [6.07, 6.45) is 0. The molecule has 0 bridgehead atoms. The van der Waals surface area contributed by atoms with Gasteiger partial charge in [-0.05, 0) is 72.8 Å². The van der Waals surface area contributed by atoms with Crippen LogP contribution in [0.25, 0.3) is 0 Å². The van der Waals surface area contributed by atoms with Crippen LogP contribution in [-0.4, -0.2) is 36.4 Å². The van der Waals surface area contributed by atoms with Crippen LogP contribution in [0.4, 0.5) is 17.1 Å². The maximum Gasteiger partial charge on any atom is 0.264 e. The van der Waals surface area contributed by atoms with Crippen molar-refractivity contribution in [2.24, 2.45) is 0 Å². The molecule has 0 unspecified atom stereocenters. The first kappa shape index (κ1) is 28.0. The summed E-state index contributed by atoms with van der Waals surface area (Å²) in [4.78, 5) is 13.0. The van der Waals surface area contributed by atoms with E-state index in [-0.39, 0.29) is 21.2 Å². The highest BCUT2D eigenvalue weighted by Gasteiger charge is 2.27. The Kier molecular flexibility index (Phi) is 8.44. The van der Waals surface area contributed by atoms with Crippen LogP contribution in [0.1, 0.15) is 0 Å². The number of anilines is 3. The minimum atomic E-state index is -4.10. The molecule has 0 aromatic heterocycles. The molecular formula is C27H24ClN3O6S2. The molecule has 0 atom stereocenters. The molecule has 4 rings (SSSR count). The zero-order chi connectivity index (χ0) is 28.0. The smallest absolute Gasteiger partial charge is 0.264 e. The molecule has 1 amide bonds. The molecule has 0 heterocycles. The fourth-order valence-electron chi connectivity index (χ4n) is 3.58. The summed E-state index contributed by atoms with van der Waals surface area (Å²) in [6, 6.07) is 25.8. The molecular weight excluding hydrogens is 562 g/mol. The van der Waals surface area contributed by atoms with E-state index < -0.39 is 32.5 Å². The van der Waals surface area contributed by atoms with Crippen molar-refractivity contribution in [2.75, 3.05) is 28.0 Å². The number of benzene rings is 4. The Hall–Kier alpha value is -4.06. The highest BCUT2D eigenvalue weighted by Crippen LogP contribution is 2.27. The van der Waals surface area contributed by atoms with E-state index in [1.165, 1.54) is 61.7 Å². The summed E-state index contributed by atoms with van der Waals surface area (Å²) < 4.78 is 61.0. The fraction of sp³-hybridized carbons (Fsp3) is 0.0741. The lowest BCUT2D eigenvalue weighted by Gasteiger charge is -2.24. The zero-order valence-corrected chi connectivity index (χ0v) is 23.0. The molecule has 4 aromatic rings. The zero-order valence-electron chi connectivity index (χ0n) is 20.6. The molecule has 0 saturated heterocycles. The number of hydrogen-bond donors (Lipinski definition) is 2. The van der Waals surface area contributed by atoms with Crippen LogP contribution >= 0.6 is 11.6 Å². The molecule has 0 saturated carbocycles. The molecule has 0 aliphatic carbocycles. The van der Waals surface area contributed by atoms with Crippen LogP contribution in [0.2, 0.25) is 5.02 Å². The lowest BCUT2D eigenvalue weighted by atomic mass is 10.3. The summed E-state index contributed by atoms with van der Waals surface area (Å²) in [6.45, 7) is -0.539. The van der Waals surface area contributed by atoms with Crippen LogP contribution in [0, 0.1) is 0 Å². The van der Waals surface area contributed by atoms with E-state index in [9.17, 15) is 21.6 Å². The van der Waals surface area contributed by atoms with Crippen LogP contribution in [0.15, 0.2) is 113 Å². The third-order valence-electron chi connectivity index (χ3n) is 5.50. The van der Waals surface area contributed by atoms with Crippen molar-refractivity contribution in [2.45, 2.75) is 9.79 Å². The highest BCUT2D eigenvalue weighted by molar-refractivity contribution is 7.93. The van der Waals surface area contributed by atoms with Crippen LogP contribution in [-0.2, 0) is 24.8 Å². The molecule has 0 radical (unpaired) electrons. The number of halogens is 1. The van der Waals surface area contributed by atoms with Gasteiger partial charge in [-0.1, -0.05) is 35.9 Å².